The lowest BCUT2D eigenvalue weighted by atomic mass is 10.1. The smallest absolute Gasteiger partial charge is 0.252 e. The van der Waals surface area contributed by atoms with Gasteiger partial charge in [-0.1, -0.05) is 13.3 Å². The first kappa shape index (κ1) is 13.0. The van der Waals surface area contributed by atoms with E-state index in [-0.39, 0.29) is 5.91 Å². The molecule has 2 rings (SSSR count). The molecule has 1 aliphatic carbocycles. The minimum atomic E-state index is -0.00785. The molecule has 2 atom stereocenters. The Morgan fingerprint density at radius 1 is 1.47 bits per heavy atom. The van der Waals surface area contributed by atoms with Gasteiger partial charge >= 0.3 is 0 Å². The first-order valence-corrected chi connectivity index (χ1v) is 7.11. The zero-order valence-electron chi connectivity index (χ0n) is 9.74. The van der Waals surface area contributed by atoms with Crippen LogP contribution in [0.3, 0.4) is 0 Å². The Morgan fingerprint density at radius 3 is 2.88 bits per heavy atom. The van der Waals surface area contributed by atoms with E-state index in [1.165, 1.54) is 12.8 Å². The van der Waals surface area contributed by atoms with Gasteiger partial charge in [0.2, 0.25) is 0 Å². The maximum Gasteiger partial charge on any atom is 0.252 e. The van der Waals surface area contributed by atoms with Crippen molar-refractivity contribution >= 4 is 34.5 Å². The minimum Gasteiger partial charge on any atom is -0.349 e. The molecule has 0 saturated heterocycles. The molecule has 4 heteroatoms. The third kappa shape index (κ3) is 3.05. The SMILES string of the molecule is CC1CCCC1NC(=O)c1cc(S)ccc1Br. The van der Waals surface area contributed by atoms with Crippen molar-refractivity contribution in [2.45, 2.75) is 37.1 Å². The molecule has 0 radical (unpaired) electrons. The molecule has 0 aliphatic heterocycles. The maximum absolute atomic E-state index is 12.1. The summed E-state index contributed by atoms with van der Waals surface area (Å²) in [6, 6.07) is 5.83. The van der Waals surface area contributed by atoms with Crippen molar-refractivity contribution in [3.05, 3.63) is 28.2 Å². The number of benzene rings is 1. The summed E-state index contributed by atoms with van der Waals surface area (Å²) in [6.07, 6.45) is 3.50. The molecule has 92 valence electrons. The standard InChI is InChI=1S/C13H16BrNOS/c1-8-3-2-4-12(8)15-13(16)10-7-9(17)5-6-11(10)14/h5-8,12,17H,2-4H2,1H3,(H,15,16). The Morgan fingerprint density at radius 2 is 2.24 bits per heavy atom. The monoisotopic (exact) mass is 313 g/mol. The molecular weight excluding hydrogens is 298 g/mol. The highest BCUT2D eigenvalue weighted by Gasteiger charge is 2.25. The molecule has 17 heavy (non-hydrogen) atoms. The number of nitrogens with one attached hydrogen (secondary N) is 1. The third-order valence-corrected chi connectivity index (χ3v) is 4.34. The van der Waals surface area contributed by atoms with Crippen LogP contribution in [0.5, 0.6) is 0 Å². The molecular formula is C13H16BrNOS. The molecule has 1 N–H and O–H groups in total. The molecule has 0 spiro atoms. The van der Waals surface area contributed by atoms with Crippen LogP contribution in [0.15, 0.2) is 27.6 Å². The average Bonchev–Trinajstić information content (AvgIpc) is 2.68. The summed E-state index contributed by atoms with van der Waals surface area (Å²) < 4.78 is 0.818. The van der Waals surface area contributed by atoms with E-state index in [0.717, 1.165) is 15.8 Å². The summed E-state index contributed by atoms with van der Waals surface area (Å²) in [5, 5.41) is 3.11. The van der Waals surface area contributed by atoms with E-state index < -0.39 is 0 Å². The predicted octanol–water partition coefficient (Wildman–Crippen LogP) is 3.66. The number of carbonyl (C=O) groups excluding carboxylic acids is 1. The van der Waals surface area contributed by atoms with Crippen molar-refractivity contribution < 1.29 is 4.79 Å². The van der Waals surface area contributed by atoms with E-state index in [2.05, 4.69) is 40.8 Å². The summed E-state index contributed by atoms with van der Waals surface area (Å²) in [5.74, 6) is 0.573. The highest BCUT2D eigenvalue weighted by molar-refractivity contribution is 9.10. The summed E-state index contributed by atoms with van der Waals surface area (Å²) in [6.45, 7) is 2.20. The quantitative estimate of drug-likeness (QED) is 0.802. The van der Waals surface area contributed by atoms with Crippen molar-refractivity contribution in [1.82, 2.24) is 5.32 Å². The van der Waals surface area contributed by atoms with Crippen molar-refractivity contribution in [1.29, 1.82) is 0 Å². The first-order valence-electron chi connectivity index (χ1n) is 5.87. The Kier molecular flexibility index (Phi) is 4.15. The predicted molar refractivity (Wildman–Crippen MR) is 75.7 cm³/mol. The van der Waals surface area contributed by atoms with E-state index in [0.29, 0.717) is 17.5 Å². The Bertz CT molecular complexity index is 435. The van der Waals surface area contributed by atoms with Gasteiger partial charge in [0.25, 0.3) is 5.91 Å². The van der Waals surface area contributed by atoms with Gasteiger partial charge in [0, 0.05) is 15.4 Å². The summed E-state index contributed by atoms with van der Waals surface area (Å²) in [7, 11) is 0. The summed E-state index contributed by atoms with van der Waals surface area (Å²) in [4.78, 5) is 12.9. The van der Waals surface area contributed by atoms with Crippen LogP contribution in [-0.4, -0.2) is 11.9 Å². The fourth-order valence-electron chi connectivity index (χ4n) is 2.29. The summed E-state index contributed by atoms with van der Waals surface area (Å²) in [5.41, 5.74) is 0.664. The number of hydrogen-bond acceptors (Lipinski definition) is 2. The molecule has 2 nitrogen and oxygen atoms in total. The van der Waals surface area contributed by atoms with Crippen molar-refractivity contribution in [2.24, 2.45) is 5.92 Å². The van der Waals surface area contributed by atoms with Gasteiger partial charge in [0.1, 0.15) is 0 Å². The lowest BCUT2D eigenvalue weighted by Crippen LogP contribution is -2.36. The number of carbonyl (C=O) groups is 1. The molecule has 1 aromatic rings. The maximum atomic E-state index is 12.1. The van der Waals surface area contributed by atoms with Gasteiger partial charge in [-0.3, -0.25) is 4.79 Å². The van der Waals surface area contributed by atoms with Crippen LogP contribution in [0.1, 0.15) is 36.5 Å². The highest BCUT2D eigenvalue weighted by atomic mass is 79.9. The topological polar surface area (TPSA) is 29.1 Å². The van der Waals surface area contributed by atoms with Crippen LogP contribution < -0.4 is 5.32 Å². The van der Waals surface area contributed by atoms with Crippen LogP contribution in [0.2, 0.25) is 0 Å². The number of amides is 1. The van der Waals surface area contributed by atoms with Crippen molar-refractivity contribution in [3.63, 3.8) is 0 Å². The zero-order valence-corrected chi connectivity index (χ0v) is 12.2. The van der Waals surface area contributed by atoms with Gasteiger partial charge in [-0.15, -0.1) is 12.6 Å². The van der Waals surface area contributed by atoms with Crippen molar-refractivity contribution in [3.8, 4) is 0 Å². The molecule has 0 aromatic heterocycles. The van der Waals surface area contributed by atoms with Gasteiger partial charge in [-0.2, -0.15) is 0 Å². The minimum absolute atomic E-state index is 0.00785. The number of thiol groups is 1. The first-order chi connectivity index (χ1) is 8.08. The average molecular weight is 314 g/mol. The Balaban J connectivity index is 2.11. The largest absolute Gasteiger partial charge is 0.349 e. The van der Waals surface area contributed by atoms with Gasteiger partial charge in [0.15, 0.2) is 0 Å². The second-order valence-electron chi connectivity index (χ2n) is 4.65. The van der Waals surface area contributed by atoms with Crippen LogP contribution in [0.4, 0.5) is 0 Å². The molecule has 0 bridgehead atoms. The van der Waals surface area contributed by atoms with E-state index >= 15 is 0 Å². The molecule has 1 amide bonds. The van der Waals surface area contributed by atoms with Gasteiger partial charge in [-0.05, 0) is 52.9 Å². The highest BCUT2D eigenvalue weighted by Crippen LogP contribution is 2.26. The second-order valence-corrected chi connectivity index (χ2v) is 6.02. The van der Waals surface area contributed by atoms with E-state index in [9.17, 15) is 4.79 Å². The normalized spacial score (nSPS) is 23.7. The van der Waals surface area contributed by atoms with E-state index in [1.54, 1.807) is 6.07 Å². The molecule has 1 saturated carbocycles. The Hall–Kier alpha value is -0.480. The van der Waals surface area contributed by atoms with Gasteiger partial charge in [-0.25, -0.2) is 0 Å². The lowest BCUT2D eigenvalue weighted by molar-refractivity contribution is 0.0928. The number of hydrogen-bond donors (Lipinski definition) is 2. The van der Waals surface area contributed by atoms with Crippen molar-refractivity contribution in [2.75, 3.05) is 0 Å². The fraction of sp³-hybridized carbons (Fsp3) is 0.462. The lowest BCUT2D eigenvalue weighted by Gasteiger charge is -2.17. The van der Waals surface area contributed by atoms with Crippen LogP contribution in [-0.2, 0) is 0 Å². The molecule has 1 aliphatic rings. The van der Waals surface area contributed by atoms with Crippen LogP contribution in [0, 0.1) is 5.92 Å². The zero-order chi connectivity index (χ0) is 12.4. The number of rotatable bonds is 2. The fourth-order valence-corrected chi connectivity index (χ4v) is 2.92. The van der Waals surface area contributed by atoms with Crippen LogP contribution >= 0.6 is 28.6 Å². The van der Waals surface area contributed by atoms with Gasteiger partial charge in [0.05, 0.1) is 5.56 Å². The molecule has 1 aromatic carbocycles. The number of halogens is 1. The molecule has 0 heterocycles. The van der Waals surface area contributed by atoms with Crippen LogP contribution in [0.25, 0.3) is 0 Å². The molecule has 2 unspecified atom stereocenters. The molecule has 1 fully saturated rings. The Labute approximate surface area is 116 Å². The third-order valence-electron chi connectivity index (χ3n) is 3.37. The van der Waals surface area contributed by atoms with E-state index in [4.69, 9.17) is 0 Å². The van der Waals surface area contributed by atoms with E-state index in [1.807, 2.05) is 12.1 Å². The summed E-state index contributed by atoms with van der Waals surface area (Å²) >= 11 is 7.66. The van der Waals surface area contributed by atoms with Gasteiger partial charge < -0.3 is 5.32 Å². The second kappa shape index (κ2) is 5.44.